The van der Waals surface area contributed by atoms with E-state index in [0.29, 0.717) is 11.3 Å². The van der Waals surface area contributed by atoms with E-state index in [1.807, 2.05) is 30.3 Å². The van der Waals surface area contributed by atoms with Crippen LogP contribution in [-0.4, -0.2) is 14.8 Å². The Bertz CT molecular complexity index is 424. The number of nitrogens with two attached hydrogens (primary N) is 1. The van der Waals surface area contributed by atoms with E-state index < -0.39 is 0 Å². The first kappa shape index (κ1) is 9.21. The fourth-order valence-electron chi connectivity index (χ4n) is 1.20. The molecule has 2 N–H and O–H groups in total. The van der Waals surface area contributed by atoms with Crippen molar-refractivity contribution in [3.8, 4) is 0 Å². The number of nitrogens with zero attached hydrogens (tertiary/aromatic N) is 3. The minimum absolute atomic E-state index is 0.285. The molecule has 0 saturated carbocycles. The molecule has 72 valence electrons. The van der Waals surface area contributed by atoms with E-state index in [4.69, 9.17) is 5.73 Å². The molecule has 0 fully saturated rings. The maximum atomic E-state index is 5.46. The van der Waals surface area contributed by atoms with Crippen LogP contribution in [0.4, 0.5) is 5.95 Å². The molecular weight excluding hydrogens is 244 g/mol. The van der Waals surface area contributed by atoms with Crippen LogP contribution in [0.1, 0.15) is 5.56 Å². The molecule has 0 aliphatic heterocycles. The third-order valence-corrected chi connectivity index (χ3v) is 2.40. The first-order chi connectivity index (χ1) is 6.75. The highest BCUT2D eigenvalue weighted by Gasteiger charge is 2.04. The minimum atomic E-state index is 0.285. The monoisotopic (exact) mass is 252 g/mol. The number of hydrogen-bond acceptors (Lipinski definition) is 3. The van der Waals surface area contributed by atoms with Crippen molar-refractivity contribution in [2.24, 2.45) is 0 Å². The molecule has 0 atom stereocenters. The molecule has 0 radical (unpaired) electrons. The lowest BCUT2D eigenvalue weighted by atomic mass is 10.2. The minimum Gasteiger partial charge on any atom is -0.366 e. The van der Waals surface area contributed by atoms with E-state index in [-0.39, 0.29) is 5.95 Å². The van der Waals surface area contributed by atoms with Gasteiger partial charge in [-0.3, -0.25) is 0 Å². The van der Waals surface area contributed by atoms with Gasteiger partial charge in [-0.05, 0) is 21.5 Å². The standard InChI is InChI=1S/C9H9BrN4/c10-8-12-9(11)13-14(8)6-7-4-2-1-3-5-7/h1-5H,6H2,(H2,11,13). The Kier molecular flexibility index (Phi) is 2.49. The van der Waals surface area contributed by atoms with Gasteiger partial charge in [0.15, 0.2) is 4.73 Å². The zero-order valence-corrected chi connectivity index (χ0v) is 8.98. The molecule has 0 unspecified atom stereocenters. The lowest BCUT2D eigenvalue weighted by molar-refractivity contribution is 0.670. The molecule has 1 aromatic heterocycles. The van der Waals surface area contributed by atoms with Crippen molar-refractivity contribution in [3.63, 3.8) is 0 Å². The number of hydrogen-bond donors (Lipinski definition) is 1. The first-order valence-electron chi connectivity index (χ1n) is 4.15. The normalized spacial score (nSPS) is 10.4. The highest BCUT2D eigenvalue weighted by atomic mass is 79.9. The van der Waals surface area contributed by atoms with Crippen molar-refractivity contribution in [1.29, 1.82) is 0 Å². The SMILES string of the molecule is Nc1nc(Br)n(Cc2ccccc2)n1. The van der Waals surface area contributed by atoms with Gasteiger partial charge in [-0.2, -0.15) is 4.98 Å². The summed E-state index contributed by atoms with van der Waals surface area (Å²) in [4.78, 5) is 3.95. The predicted molar refractivity (Wildman–Crippen MR) is 57.7 cm³/mol. The van der Waals surface area contributed by atoms with E-state index in [0.717, 1.165) is 5.56 Å². The van der Waals surface area contributed by atoms with E-state index in [1.54, 1.807) is 4.68 Å². The Morgan fingerprint density at radius 3 is 2.57 bits per heavy atom. The summed E-state index contributed by atoms with van der Waals surface area (Å²) in [5.74, 6) is 0.285. The van der Waals surface area contributed by atoms with Gasteiger partial charge >= 0.3 is 0 Å². The van der Waals surface area contributed by atoms with Crippen molar-refractivity contribution in [3.05, 3.63) is 40.6 Å². The molecule has 0 aliphatic rings. The molecule has 0 amide bonds. The van der Waals surface area contributed by atoms with Gasteiger partial charge in [0.25, 0.3) is 0 Å². The van der Waals surface area contributed by atoms with Crippen molar-refractivity contribution in [2.45, 2.75) is 6.54 Å². The molecule has 0 saturated heterocycles. The number of rotatable bonds is 2. The molecule has 0 aliphatic carbocycles. The maximum absolute atomic E-state index is 5.46. The Hall–Kier alpha value is -1.36. The van der Waals surface area contributed by atoms with Crippen LogP contribution in [0.15, 0.2) is 35.1 Å². The molecule has 1 heterocycles. The van der Waals surface area contributed by atoms with Crippen LogP contribution in [0.3, 0.4) is 0 Å². The van der Waals surface area contributed by atoms with Crippen LogP contribution >= 0.6 is 15.9 Å². The number of aromatic nitrogens is 3. The average molecular weight is 253 g/mol. The van der Waals surface area contributed by atoms with Gasteiger partial charge in [0.1, 0.15) is 0 Å². The first-order valence-corrected chi connectivity index (χ1v) is 4.95. The van der Waals surface area contributed by atoms with E-state index >= 15 is 0 Å². The summed E-state index contributed by atoms with van der Waals surface area (Å²) in [6.07, 6.45) is 0. The van der Waals surface area contributed by atoms with Crippen molar-refractivity contribution >= 4 is 21.9 Å². The number of nitrogen functional groups attached to an aromatic ring is 1. The molecule has 0 bridgehead atoms. The van der Waals surface area contributed by atoms with Crippen LogP contribution in [0.25, 0.3) is 0 Å². The average Bonchev–Trinajstić information content (AvgIpc) is 2.47. The highest BCUT2D eigenvalue weighted by Crippen LogP contribution is 2.10. The fraction of sp³-hybridized carbons (Fsp3) is 0.111. The van der Waals surface area contributed by atoms with E-state index in [2.05, 4.69) is 26.0 Å². The van der Waals surface area contributed by atoms with E-state index in [9.17, 15) is 0 Å². The molecule has 0 spiro atoms. The number of benzene rings is 1. The lowest BCUT2D eigenvalue weighted by Crippen LogP contribution is -2.02. The zero-order valence-electron chi connectivity index (χ0n) is 7.39. The largest absolute Gasteiger partial charge is 0.366 e. The summed E-state index contributed by atoms with van der Waals surface area (Å²) in [5.41, 5.74) is 6.62. The van der Waals surface area contributed by atoms with E-state index in [1.165, 1.54) is 0 Å². The summed E-state index contributed by atoms with van der Waals surface area (Å²) >= 11 is 3.28. The summed E-state index contributed by atoms with van der Waals surface area (Å²) in [5, 5.41) is 4.04. The quantitative estimate of drug-likeness (QED) is 0.885. The summed E-state index contributed by atoms with van der Waals surface area (Å²) in [6.45, 7) is 0.672. The number of halogens is 1. The molecule has 5 heteroatoms. The molecule has 2 aromatic rings. The van der Waals surface area contributed by atoms with Crippen LogP contribution in [0.2, 0.25) is 0 Å². The molecule has 4 nitrogen and oxygen atoms in total. The second-order valence-electron chi connectivity index (χ2n) is 2.88. The summed E-state index contributed by atoms with van der Waals surface area (Å²) in [6, 6.07) is 10.0. The van der Waals surface area contributed by atoms with Gasteiger partial charge in [0.2, 0.25) is 5.95 Å². The Balaban J connectivity index is 2.23. The zero-order chi connectivity index (χ0) is 9.97. The fourth-order valence-corrected chi connectivity index (χ4v) is 1.58. The van der Waals surface area contributed by atoms with Gasteiger partial charge in [0.05, 0.1) is 6.54 Å². The molecular formula is C9H9BrN4. The molecule has 1 aromatic carbocycles. The van der Waals surface area contributed by atoms with Crippen LogP contribution < -0.4 is 5.73 Å². The lowest BCUT2D eigenvalue weighted by Gasteiger charge is -2.01. The second kappa shape index (κ2) is 3.79. The topological polar surface area (TPSA) is 56.7 Å². The van der Waals surface area contributed by atoms with Gasteiger partial charge in [-0.25, -0.2) is 4.68 Å². The maximum Gasteiger partial charge on any atom is 0.240 e. The van der Waals surface area contributed by atoms with Crippen molar-refractivity contribution in [1.82, 2.24) is 14.8 Å². The third kappa shape index (κ3) is 1.93. The van der Waals surface area contributed by atoms with Gasteiger partial charge in [-0.15, -0.1) is 5.10 Å². The van der Waals surface area contributed by atoms with Crippen molar-refractivity contribution < 1.29 is 0 Å². The summed E-state index contributed by atoms with van der Waals surface area (Å²) in [7, 11) is 0. The van der Waals surface area contributed by atoms with Crippen LogP contribution in [0.5, 0.6) is 0 Å². The Morgan fingerprint density at radius 2 is 2.00 bits per heavy atom. The predicted octanol–water partition coefficient (Wildman–Crippen LogP) is 1.67. The van der Waals surface area contributed by atoms with Gasteiger partial charge in [-0.1, -0.05) is 30.3 Å². The van der Waals surface area contributed by atoms with Crippen molar-refractivity contribution in [2.75, 3.05) is 5.73 Å². The highest BCUT2D eigenvalue weighted by molar-refractivity contribution is 9.10. The Morgan fingerprint density at radius 1 is 1.29 bits per heavy atom. The second-order valence-corrected chi connectivity index (χ2v) is 3.59. The van der Waals surface area contributed by atoms with Crippen LogP contribution in [0, 0.1) is 0 Å². The number of anilines is 1. The van der Waals surface area contributed by atoms with Crippen LogP contribution in [-0.2, 0) is 6.54 Å². The third-order valence-electron chi connectivity index (χ3n) is 1.82. The summed E-state index contributed by atoms with van der Waals surface area (Å²) < 4.78 is 2.36. The molecule has 14 heavy (non-hydrogen) atoms. The van der Waals surface area contributed by atoms with Gasteiger partial charge in [0, 0.05) is 0 Å². The Labute approximate surface area is 89.9 Å². The smallest absolute Gasteiger partial charge is 0.240 e. The van der Waals surface area contributed by atoms with Gasteiger partial charge < -0.3 is 5.73 Å². The molecule has 2 rings (SSSR count).